The Morgan fingerprint density at radius 2 is 1.86 bits per heavy atom. The first-order chi connectivity index (χ1) is 10.1. The average Bonchev–Trinajstić information content (AvgIpc) is 2.37. The van der Waals surface area contributed by atoms with Gasteiger partial charge >= 0.3 is 10.4 Å². The van der Waals surface area contributed by atoms with Crippen molar-refractivity contribution >= 4 is 25.9 Å². The topological polar surface area (TPSA) is 101 Å². The van der Waals surface area contributed by atoms with Gasteiger partial charge in [-0.2, -0.15) is 8.42 Å². The van der Waals surface area contributed by atoms with Gasteiger partial charge in [-0.1, -0.05) is 6.07 Å². The van der Waals surface area contributed by atoms with Gasteiger partial charge in [0.2, 0.25) is 0 Å². The van der Waals surface area contributed by atoms with E-state index in [0.29, 0.717) is 0 Å². The van der Waals surface area contributed by atoms with Crippen LogP contribution in [-0.4, -0.2) is 46.3 Å². The quantitative estimate of drug-likeness (QED) is 0.708. The SMILES string of the molecule is CCN(c1cccc(S(=O)(=O)CCOS(=O)(=O)O)c1)C(C)C. The van der Waals surface area contributed by atoms with E-state index >= 15 is 0 Å². The van der Waals surface area contributed by atoms with Crippen molar-refractivity contribution in [1.29, 1.82) is 0 Å². The molecule has 7 nitrogen and oxygen atoms in total. The predicted molar refractivity (Wildman–Crippen MR) is 84.2 cm³/mol. The Morgan fingerprint density at radius 1 is 1.23 bits per heavy atom. The van der Waals surface area contributed by atoms with Crippen LogP contribution in [0.3, 0.4) is 0 Å². The molecule has 0 aliphatic heterocycles. The van der Waals surface area contributed by atoms with Crippen molar-refractivity contribution in [2.75, 3.05) is 23.8 Å². The molecule has 0 aromatic heterocycles. The van der Waals surface area contributed by atoms with Crippen LogP contribution in [0.4, 0.5) is 5.69 Å². The Hall–Kier alpha value is -1.16. The second-order valence-corrected chi connectivity index (χ2v) is 8.15. The van der Waals surface area contributed by atoms with Crippen molar-refractivity contribution in [1.82, 2.24) is 0 Å². The van der Waals surface area contributed by atoms with Gasteiger partial charge in [-0.15, -0.1) is 0 Å². The molecule has 126 valence electrons. The van der Waals surface area contributed by atoms with Crippen LogP contribution < -0.4 is 4.90 Å². The minimum absolute atomic E-state index is 0.0861. The Morgan fingerprint density at radius 3 is 2.36 bits per heavy atom. The van der Waals surface area contributed by atoms with E-state index in [9.17, 15) is 16.8 Å². The number of hydrogen-bond donors (Lipinski definition) is 1. The summed E-state index contributed by atoms with van der Waals surface area (Å²) in [5.41, 5.74) is 0.772. The third-order valence-electron chi connectivity index (χ3n) is 3.06. The molecular formula is C13H21NO6S2. The van der Waals surface area contributed by atoms with Crippen LogP contribution in [0.15, 0.2) is 29.2 Å². The smallest absolute Gasteiger partial charge is 0.369 e. The summed E-state index contributed by atoms with van der Waals surface area (Å²) < 4.78 is 57.7. The van der Waals surface area contributed by atoms with Crippen LogP contribution in [0.25, 0.3) is 0 Å². The summed E-state index contributed by atoms with van der Waals surface area (Å²) in [6.45, 7) is 6.08. The molecule has 0 amide bonds. The molecular weight excluding hydrogens is 330 g/mol. The normalized spacial score (nSPS) is 12.6. The molecule has 1 aromatic rings. The number of nitrogens with zero attached hydrogens (tertiary/aromatic N) is 1. The number of anilines is 1. The fraction of sp³-hybridized carbons (Fsp3) is 0.538. The van der Waals surface area contributed by atoms with Crippen molar-refractivity contribution in [3.05, 3.63) is 24.3 Å². The van der Waals surface area contributed by atoms with Gasteiger partial charge in [-0.05, 0) is 39.0 Å². The predicted octanol–water partition coefficient (Wildman–Crippen LogP) is 1.51. The lowest BCUT2D eigenvalue weighted by molar-refractivity contribution is 0.284. The van der Waals surface area contributed by atoms with E-state index in [0.717, 1.165) is 12.2 Å². The zero-order valence-corrected chi connectivity index (χ0v) is 14.4. The number of hydrogen-bond acceptors (Lipinski definition) is 6. The summed E-state index contributed by atoms with van der Waals surface area (Å²) >= 11 is 0. The third kappa shape index (κ3) is 5.56. The van der Waals surface area contributed by atoms with Crippen molar-refractivity contribution in [2.45, 2.75) is 31.7 Å². The minimum atomic E-state index is -4.64. The molecule has 0 saturated carbocycles. The highest BCUT2D eigenvalue weighted by molar-refractivity contribution is 7.91. The molecule has 22 heavy (non-hydrogen) atoms. The van der Waals surface area contributed by atoms with Gasteiger partial charge in [0.25, 0.3) is 0 Å². The summed E-state index contributed by atoms with van der Waals surface area (Å²) in [5.74, 6) is -0.538. The molecule has 0 fully saturated rings. The first-order valence-electron chi connectivity index (χ1n) is 6.78. The van der Waals surface area contributed by atoms with Crippen LogP contribution in [0, 0.1) is 0 Å². The molecule has 0 saturated heterocycles. The zero-order valence-electron chi connectivity index (χ0n) is 12.8. The highest BCUT2D eigenvalue weighted by Gasteiger charge is 2.18. The molecule has 1 N–H and O–H groups in total. The maximum Gasteiger partial charge on any atom is 0.397 e. The van der Waals surface area contributed by atoms with Gasteiger partial charge in [0.05, 0.1) is 17.3 Å². The van der Waals surface area contributed by atoms with E-state index in [1.807, 2.05) is 31.7 Å². The van der Waals surface area contributed by atoms with E-state index in [-0.39, 0.29) is 10.9 Å². The van der Waals surface area contributed by atoms with Gasteiger partial charge in [-0.3, -0.25) is 4.55 Å². The maximum absolute atomic E-state index is 12.2. The molecule has 1 rings (SSSR count). The first kappa shape index (κ1) is 18.9. The maximum atomic E-state index is 12.2. The summed E-state index contributed by atoms with van der Waals surface area (Å²) in [5, 5.41) is 0. The molecule has 0 heterocycles. The van der Waals surface area contributed by atoms with Crippen molar-refractivity contribution in [2.24, 2.45) is 0 Å². The lowest BCUT2D eigenvalue weighted by Crippen LogP contribution is -2.30. The van der Waals surface area contributed by atoms with Crippen molar-refractivity contribution in [3.63, 3.8) is 0 Å². The van der Waals surface area contributed by atoms with E-state index in [4.69, 9.17) is 4.55 Å². The van der Waals surface area contributed by atoms with Gasteiger partial charge in [-0.25, -0.2) is 12.6 Å². The first-order valence-corrected chi connectivity index (χ1v) is 9.80. The molecule has 0 bridgehead atoms. The highest BCUT2D eigenvalue weighted by atomic mass is 32.3. The summed E-state index contributed by atoms with van der Waals surface area (Å²) in [6, 6.07) is 6.66. The molecule has 0 radical (unpaired) electrons. The van der Waals surface area contributed by atoms with Gasteiger partial charge in [0, 0.05) is 18.3 Å². The Labute approximate surface area is 131 Å². The molecule has 0 aliphatic carbocycles. The Balaban J connectivity index is 2.96. The lowest BCUT2D eigenvalue weighted by Gasteiger charge is -2.27. The molecule has 9 heteroatoms. The standard InChI is InChI=1S/C13H21NO6S2/c1-4-14(11(2)3)12-6-5-7-13(10-12)21(15,16)9-8-20-22(17,18)19/h5-7,10-11H,4,8-9H2,1-3H3,(H,17,18,19). The van der Waals surface area contributed by atoms with Crippen molar-refractivity contribution < 1.29 is 25.6 Å². The van der Waals surface area contributed by atoms with E-state index in [2.05, 4.69) is 4.18 Å². The summed E-state index contributed by atoms with van der Waals surface area (Å²) in [6.07, 6.45) is 0. The van der Waals surface area contributed by atoms with E-state index in [1.165, 1.54) is 6.07 Å². The van der Waals surface area contributed by atoms with Crippen LogP contribution in [0.2, 0.25) is 0 Å². The zero-order chi connectivity index (χ0) is 17.0. The average molecular weight is 351 g/mol. The molecule has 0 atom stereocenters. The minimum Gasteiger partial charge on any atom is -0.369 e. The van der Waals surface area contributed by atoms with Crippen LogP contribution in [0.1, 0.15) is 20.8 Å². The molecule has 0 unspecified atom stereocenters. The van der Waals surface area contributed by atoms with E-state index in [1.54, 1.807) is 12.1 Å². The highest BCUT2D eigenvalue weighted by Crippen LogP contribution is 2.22. The number of sulfone groups is 1. The molecule has 0 aliphatic rings. The van der Waals surface area contributed by atoms with Crippen LogP contribution in [-0.2, 0) is 24.4 Å². The van der Waals surface area contributed by atoms with Crippen LogP contribution in [0.5, 0.6) is 0 Å². The number of rotatable bonds is 8. The third-order valence-corrected chi connectivity index (χ3v) is 5.20. The Bertz CT molecular complexity index is 697. The van der Waals surface area contributed by atoms with Crippen LogP contribution >= 0.6 is 0 Å². The molecule has 0 spiro atoms. The lowest BCUT2D eigenvalue weighted by atomic mass is 10.2. The summed E-state index contributed by atoms with van der Waals surface area (Å²) in [7, 11) is -8.34. The fourth-order valence-electron chi connectivity index (χ4n) is 2.07. The van der Waals surface area contributed by atoms with Crippen molar-refractivity contribution in [3.8, 4) is 0 Å². The van der Waals surface area contributed by atoms with Gasteiger partial charge in [0.1, 0.15) is 0 Å². The second kappa shape index (κ2) is 7.40. The van der Waals surface area contributed by atoms with Gasteiger partial charge in [0.15, 0.2) is 9.84 Å². The summed E-state index contributed by atoms with van der Waals surface area (Å²) in [4.78, 5) is 2.12. The number of benzene rings is 1. The van der Waals surface area contributed by atoms with E-state index < -0.39 is 32.6 Å². The molecule has 1 aromatic carbocycles. The fourth-order valence-corrected chi connectivity index (χ4v) is 3.59. The second-order valence-electron chi connectivity index (χ2n) is 4.95. The largest absolute Gasteiger partial charge is 0.397 e. The Kier molecular flexibility index (Phi) is 6.36. The van der Waals surface area contributed by atoms with Gasteiger partial charge < -0.3 is 4.90 Å². The monoisotopic (exact) mass is 351 g/mol.